The SMILES string of the molecule is NC(=O)CC[C@@H](C(=O)O)N1C(=O)c2ccc3c4c(ccc(c24)C1=O)C(=O)N([C@@H](Cc1ccccc1)C(=O)O)C3=O. The summed E-state index contributed by atoms with van der Waals surface area (Å²) in [5, 5.41) is 19.7. The predicted molar refractivity (Wildman–Crippen MR) is 136 cm³/mol. The van der Waals surface area contributed by atoms with Crippen LogP contribution in [-0.4, -0.2) is 73.6 Å². The number of hydrogen-bond acceptors (Lipinski definition) is 7. The molecule has 0 bridgehead atoms. The summed E-state index contributed by atoms with van der Waals surface area (Å²) in [4.78, 5) is 90.7. The summed E-state index contributed by atoms with van der Waals surface area (Å²) in [5.74, 6) is -7.49. The Kier molecular flexibility index (Phi) is 6.38. The van der Waals surface area contributed by atoms with Crippen LogP contribution in [-0.2, 0) is 20.8 Å². The van der Waals surface area contributed by atoms with Crippen LogP contribution in [0.5, 0.6) is 0 Å². The highest BCUT2D eigenvalue weighted by Crippen LogP contribution is 2.39. The fourth-order valence-electron chi connectivity index (χ4n) is 5.25. The highest BCUT2D eigenvalue weighted by atomic mass is 16.4. The minimum Gasteiger partial charge on any atom is -0.480 e. The van der Waals surface area contributed by atoms with Crippen molar-refractivity contribution in [2.75, 3.05) is 0 Å². The van der Waals surface area contributed by atoms with Gasteiger partial charge in [0.1, 0.15) is 12.1 Å². The molecular formula is C28H21N3O9. The van der Waals surface area contributed by atoms with Crippen molar-refractivity contribution in [1.29, 1.82) is 0 Å². The monoisotopic (exact) mass is 543 g/mol. The molecule has 12 nitrogen and oxygen atoms in total. The van der Waals surface area contributed by atoms with Crippen LogP contribution in [0, 0.1) is 0 Å². The molecule has 0 spiro atoms. The summed E-state index contributed by atoms with van der Waals surface area (Å²) >= 11 is 0. The summed E-state index contributed by atoms with van der Waals surface area (Å²) in [7, 11) is 0. The zero-order valence-electron chi connectivity index (χ0n) is 20.7. The summed E-state index contributed by atoms with van der Waals surface area (Å²) in [6.07, 6.45) is -0.933. The summed E-state index contributed by atoms with van der Waals surface area (Å²) in [6.45, 7) is 0. The molecule has 0 aromatic heterocycles. The van der Waals surface area contributed by atoms with E-state index in [0.29, 0.717) is 15.4 Å². The van der Waals surface area contributed by atoms with E-state index in [0.717, 1.165) is 0 Å². The minimum atomic E-state index is -1.68. The zero-order valence-corrected chi connectivity index (χ0v) is 20.7. The fraction of sp³-hybridized carbons (Fsp3) is 0.179. The molecule has 3 aromatic carbocycles. The number of hydrogen-bond donors (Lipinski definition) is 3. The number of nitrogens with zero attached hydrogens (tertiary/aromatic N) is 2. The van der Waals surface area contributed by atoms with Gasteiger partial charge >= 0.3 is 11.9 Å². The molecule has 0 saturated heterocycles. The third-order valence-corrected chi connectivity index (χ3v) is 7.09. The van der Waals surface area contributed by atoms with Crippen LogP contribution in [0.4, 0.5) is 0 Å². The molecule has 5 rings (SSSR count). The third kappa shape index (κ3) is 4.06. The first-order valence-corrected chi connectivity index (χ1v) is 12.2. The lowest BCUT2D eigenvalue weighted by atomic mass is 9.84. The van der Waals surface area contributed by atoms with Gasteiger partial charge in [0.2, 0.25) is 5.91 Å². The molecule has 2 heterocycles. The summed E-state index contributed by atoms with van der Waals surface area (Å²) in [5.41, 5.74) is 5.33. The van der Waals surface area contributed by atoms with Gasteiger partial charge in [-0.05, 0) is 36.2 Å². The van der Waals surface area contributed by atoms with Crippen molar-refractivity contribution >= 4 is 52.2 Å². The van der Waals surface area contributed by atoms with Gasteiger partial charge in [-0.3, -0.25) is 33.8 Å². The molecule has 5 amide bonds. The van der Waals surface area contributed by atoms with Crippen molar-refractivity contribution in [3.05, 3.63) is 82.4 Å². The van der Waals surface area contributed by atoms with E-state index in [2.05, 4.69) is 0 Å². The van der Waals surface area contributed by atoms with Gasteiger partial charge in [0, 0.05) is 45.9 Å². The third-order valence-electron chi connectivity index (χ3n) is 7.09. The molecule has 202 valence electrons. The van der Waals surface area contributed by atoms with E-state index < -0.39 is 60.0 Å². The van der Waals surface area contributed by atoms with Gasteiger partial charge in [0.25, 0.3) is 23.6 Å². The van der Waals surface area contributed by atoms with E-state index in [4.69, 9.17) is 5.73 Å². The predicted octanol–water partition coefficient (Wildman–Crippen LogP) is 1.45. The Morgan fingerprint density at radius 2 is 1.05 bits per heavy atom. The van der Waals surface area contributed by atoms with Crippen molar-refractivity contribution in [1.82, 2.24) is 9.80 Å². The van der Waals surface area contributed by atoms with E-state index in [-0.39, 0.29) is 45.9 Å². The molecule has 40 heavy (non-hydrogen) atoms. The molecule has 2 aliphatic rings. The van der Waals surface area contributed by atoms with E-state index in [1.165, 1.54) is 24.3 Å². The van der Waals surface area contributed by atoms with Gasteiger partial charge < -0.3 is 15.9 Å². The van der Waals surface area contributed by atoms with Crippen LogP contribution in [0.1, 0.15) is 59.8 Å². The van der Waals surface area contributed by atoms with Gasteiger partial charge in [0.05, 0.1) is 0 Å². The van der Waals surface area contributed by atoms with Gasteiger partial charge in [-0.25, -0.2) is 9.59 Å². The van der Waals surface area contributed by atoms with E-state index in [1.54, 1.807) is 30.3 Å². The zero-order chi connectivity index (χ0) is 28.9. The highest BCUT2D eigenvalue weighted by molar-refractivity contribution is 6.34. The molecular weight excluding hydrogens is 522 g/mol. The molecule has 0 unspecified atom stereocenters. The summed E-state index contributed by atoms with van der Waals surface area (Å²) < 4.78 is 0. The lowest BCUT2D eigenvalue weighted by molar-refractivity contribution is -0.142. The number of carboxylic acid groups (broad SMARTS) is 2. The maximum Gasteiger partial charge on any atom is 0.327 e. The number of carbonyl (C=O) groups is 7. The number of aliphatic carboxylic acids is 2. The maximum absolute atomic E-state index is 13.6. The van der Waals surface area contributed by atoms with E-state index >= 15 is 0 Å². The maximum atomic E-state index is 13.6. The van der Waals surface area contributed by atoms with Gasteiger partial charge in [0.15, 0.2) is 0 Å². The second-order valence-electron chi connectivity index (χ2n) is 9.43. The molecule has 0 fully saturated rings. The van der Waals surface area contributed by atoms with Crippen molar-refractivity contribution < 1.29 is 43.8 Å². The average molecular weight is 543 g/mol. The number of amides is 5. The standard InChI is InChI=1S/C28H21N3O9/c29-20(32)11-10-18(27(37)38)30-23(33)14-6-8-16-22-17(9-7-15(21(14)22)24(30)34)26(36)31(25(16)35)19(28(39)40)12-13-4-2-1-3-5-13/h1-9,18-19H,10-12H2,(H2,29,32)(H,37,38)(H,39,40)/t18-,19-/m0/s1. The Bertz CT molecular complexity index is 1590. The highest BCUT2D eigenvalue weighted by Gasteiger charge is 2.45. The van der Waals surface area contributed by atoms with Crippen molar-refractivity contribution in [2.45, 2.75) is 31.3 Å². The first kappa shape index (κ1) is 26.2. The van der Waals surface area contributed by atoms with Gasteiger partial charge in [-0.15, -0.1) is 0 Å². The first-order chi connectivity index (χ1) is 19.0. The average Bonchev–Trinajstić information content (AvgIpc) is 2.91. The van der Waals surface area contributed by atoms with Crippen LogP contribution >= 0.6 is 0 Å². The van der Waals surface area contributed by atoms with Crippen molar-refractivity contribution in [2.24, 2.45) is 5.73 Å². The smallest absolute Gasteiger partial charge is 0.327 e. The molecule has 0 radical (unpaired) electrons. The van der Waals surface area contributed by atoms with Crippen LogP contribution < -0.4 is 5.73 Å². The number of carboxylic acids is 2. The Morgan fingerprint density at radius 1 is 0.650 bits per heavy atom. The van der Waals surface area contributed by atoms with Crippen molar-refractivity contribution in [3.63, 3.8) is 0 Å². The number of benzene rings is 3. The molecule has 3 aromatic rings. The Labute approximate surface area is 225 Å². The Morgan fingerprint density at radius 3 is 1.43 bits per heavy atom. The lowest BCUT2D eigenvalue weighted by Crippen LogP contribution is -2.52. The molecule has 4 N–H and O–H groups in total. The number of primary amides is 1. The second kappa shape index (κ2) is 9.73. The van der Waals surface area contributed by atoms with E-state index in [1.807, 2.05) is 0 Å². The molecule has 2 aliphatic heterocycles. The van der Waals surface area contributed by atoms with Gasteiger partial charge in [-0.2, -0.15) is 0 Å². The molecule has 2 atom stereocenters. The Hall–Kier alpha value is -5.39. The number of nitrogens with two attached hydrogens (primary N) is 1. The molecule has 12 heteroatoms. The van der Waals surface area contributed by atoms with Gasteiger partial charge in [-0.1, -0.05) is 30.3 Å². The first-order valence-electron chi connectivity index (χ1n) is 12.2. The quantitative estimate of drug-likeness (QED) is 0.335. The van der Waals surface area contributed by atoms with Crippen LogP contribution in [0.2, 0.25) is 0 Å². The second-order valence-corrected chi connectivity index (χ2v) is 9.43. The topological polar surface area (TPSA) is 192 Å². The lowest BCUT2D eigenvalue weighted by Gasteiger charge is -2.35. The number of carbonyl (C=O) groups excluding carboxylic acids is 5. The molecule has 0 aliphatic carbocycles. The fourth-order valence-corrected chi connectivity index (χ4v) is 5.25. The Balaban J connectivity index is 1.61. The normalized spacial score (nSPS) is 15.8. The largest absolute Gasteiger partial charge is 0.480 e. The minimum absolute atomic E-state index is 0.00317. The number of imide groups is 2. The number of rotatable bonds is 9. The van der Waals surface area contributed by atoms with Crippen molar-refractivity contribution in [3.8, 4) is 0 Å². The van der Waals surface area contributed by atoms with Crippen LogP contribution in [0.25, 0.3) is 10.8 Å². The molecule has 0 saturated carbocycles. The van der Waals surface area contributed by atoms with Crippen LogP contribution in [0.3, 0.4) is 0 Å². The van der Waals surface area contributed by atoms with Crippen LogP contribution in [0.15, 0.2) is 54.6 Å². The van der Waals surface area contributed by atoms with E-state index in [9.17, 15) is 43.8 Å². The summed E-state index contributed by atoms with van der Waals surface area (Å²) in [6, 6.07) is 10.2.